The minimum Gasteiger partial charge on any atom is -0.377 e. The highest BCUT2D eigenvalue weighted by Crippen LogP contribution is 2.22. The summed E-state index contributed by atoms with van der Waals surface area (Å²) in [5.74, 6) is 2.02. The monoisotopic (exact) mass is 499 g/mol. The molecule has 0 fully saturated rings. The van der Waals surface area contributed by atoms with Gasteiger partial charge in [0.2, 0.25) is 0 Å². The fourth-order valence-electron chi connectivity index (χ4n) is 3.12. The minimum absolute atomic E-state index is 0. The van der Waals surface area contributed by atoms with Gasteiger partial charge in [-0.2, -0.15) is 0 Å². The van der Waals surface area contributed by atoms with Crippen molar-refractivity contribution < 1.29 is 4.52 Å². The Morgan fingerprint density at radius 2 is 1.82 bits per heavy atom. The number of benzene rings is 1. The maximum Gasteiger partial charge on any atom is 0.191 e. The lowest BCUT2D eigenvalue weighted by Gasteiger charge is -2.19. The highest BCUT2D eigenvalue weighted by Gasteiger charge is 2.13. The zero-order chi connectivity index (χ0) is 19.8. The number of hydrogen-bond acceptors (Lipinski definition) is 4. The second kappa shape index (κ2) is 11.9. The van der Waals surface area contributed by atoms with Gasteiger partial charge in [0, 0.05) is 45.4 Å². The highest BCUT2D eigenvalue weighted by molar-refractivity contribution is 14.0. The molecule has 6 nitrogen and oxygen atoms in total. The number of hydrogen-bond donors (Lipinski definition) is 2. The van der Waals surface area contributed by atoms with E-state index >= 15 is 0 Å². The van der Waals surface area contributed by atoms with E-state index in [9.17, 15) is 0 Å². The fraction of sp³-hybridized carbons (Fsp3) is 0.524. The fourth-order valence-corrected chi connectivity index (χ4v) is 3.12. The lowest BCUT2D eigenvalue weighted by molar-refractivity contribution is 0.368. The number of guanidine groups is 1. The quantitative estimate of drug-likeness (QED) is 0.320. The predicted octanol–water partition coefficient (Wildman–Crippen LogP) is 4.44. The molecule has 2 N–H and O–H groups in total. The first-order valence-electron chi connectivity index (χ1n) is 9.65. The van der Waals surface area contributed by atoms with Gasteiger partial charge in [0.1, 0.15) is 0 Å². The van der Waals surface area contributed by atoms with Gasteiger partial charge in [0.15, 0.2) is 11.7 Å². The number of nitrogens with one attached hydrogen (secondary N) is 2. The van der Waals surface area contributed by atoms with Crippen molar-refractivity contribution in [2.75, 3.05) is 26.0 Å². The lowest BCUT2D eigenvalue weighted by Crippen LogP contribution is -2.36. The number of aromatic nitrogens is 1. The molecule has 156 valence electrons. The van der Waals surface area contributed by atoms with Crippen LogP contribution in [0.25, 0.3) is 0 Å². The van der Waals surface area contributed by atoms with E-state index in [2.05, 4.69) is 78.7 Å². The normalized spacial score (nSPS) is 11.3. The van der Waals surface area contributed by atoms with Crippen LogP contribution in [-0.4, -0.2) is 32.3 Å². The Bertz CT molecular complexity index is 753. The number of aliphatic imine (C=N–C) groups is 1. The average molecular weight is 499 g/mol. The Hall–Kier alpha value is -1.77. The third-order valence-corrected chi connectivity index (χ3v) is 4.80. The molecule has 1 aromatic carbocycles. The molecular formula is C21H34IN5O. The molecule has 0 bridgehead atoms. The molecule has 7 heteroatoms. The van der Waals surface area contributed by atoms with E-state index in [0.29, 0.717) is 19.0 Å². The van der Waals surface area contributed by atoms with Crippen LogP contribution in [0.15, 0.2) is 33.8 Å². The summed E-state index contributed by atoms with van der Waals surface area (Å²) in [7, 11) is 5.90. The summed E-state index contributed by atoms with van der Waals surface area (Å²) in [4.78, 5) is 6.44. The summed E-state index contributed by atoms with van der Waals surface area (Å²) in [6.45, 7) is 7.72. The van der Waals surface area contributed by atoms with Crippen molar-refractivity contribution in [3.63, 3.8) is 0 Å². The molecule has 0 atom stereocenters. The Labute approximate surface area is 186 Å². The Morgan fingerprint density at radius 1 is 1.14 bits per heavy atom. The summed E-state index contributed by atoms with van der Waals surface area (Å²) in [6.07, 6.45) is 2.15. The van der Waals surface area contributed by atoms with Crippen LogP contribution in [0.3, 0.4) is 0 Å². The predicted molar refractivity (Wildman–Crippen MR) is 128 cm³/mol. The maximum atomic E-state index is 5.47. The maximum absolute atomic E-state index is 5.47. The van der Waals surface area contributed by atoms with Crippen LogP contribution in [-0.2, 0) is 13.1 Å². The SMILES string of the molecule is CCC(CC)c1cc(CNC(=NC)NCc2ccc(C)cc2N(C)C)on1.I. The second-order valence-corrected chi connectivity index (χ2v) is 7.04. The molecule has 0 aliphatic heterocycles. The molecule has 28 heavy (non-hydrogen) atoms. The molecule has 0 saturated heterocycles. The van der Waals surface area contributed by atoms with Crippen LogP contribution >= 0.6 is 24.0 Å². The summed E-state index contributed by atoms with van der Waals surface area (Å²) in [5, 5.41) is 10.9. The molecule has 0 aliphatic rings. The highest BCUT2D eigenvalue weighted by atomic mass is 127. The van der Waals surface area contributed by atoms with Crippen molar-refractivity contribution in [1.82, 2.24) is 15.8 Å². The summed E-state index contributed by atoms with van der Waals surface area (Å²) in [6, 6.07) is 8.53. The van der Waals surface area contributed by atoms with Crippen LogP contribution in [0.5, 0.6) is 0 Å². The van der Waals surface area contributed by atoms with Gasteiger partial charge in [0.25, 0.3) is 0 Å². The molecule has 2 rings (SSSR count). The van der Waals surface area contributed by atoms with E-state index in [0.717, 1.165) is 30.3 Å². The van der Waals surface area contributed by atoms with Crippen LogP contribution in [0.2, 0.25) is 0 Å². The zero-order valence-corrected chi connectivity index (χ0v) is 20.2. The summed E-state index contributed by atoms with van der Waals surface area (Å²) in [5.41, 5.74) is 4.73. The number of nitrogens with zero attached hydrogens (tertiary/aromatic N) is 3. The van der Waals surface area contributed by atoms with Gasteiger partial charge in [-0.25, -0.2) is 0 Å². The molecular weight excluding hydrogens is 465 g/mol. The number of halogens is 1. The third-order valence-electron chi connectivity index (χ3n) is 4.80. The number of rotatable bonds is 8. The van der Waals surface area contributed by atoms with Crippen molar-refractivity contribution in [2.24, 2.45) is 4.99 Å². The number of aryl methyl sites for hydroxylation is 1. The molecule has 0 amide bonds. The Kier molecular flexibility index (Phi) is 10.3. The van der Waals surface area contributed by atoms with Crippen molar-refractivity contribution >= 4 is 35.6 Å². The second-order valence-electron chi connectivity index (χ2n) is 7.04. The van der Waals surface area contributed by atoms with E-state index in [4.69, 9.17) is 4.52 Å². The molecule has 0 unspecified atom stereocenters. The van der Waals surface area contributed by atoms with Gasteiger partial charge in [-0.1, -0.05) is 31.1 Å². The molecule has 2 aromatic rings. The Balaban J connectivity index is 0.00000392. The van der Waals surface area contributed by atoms with E-state index in [1.54, 1.807) is 7.05 Å². The average Bonchev–Trinajstić information content (AvgIpc) is 3.12. The van der Waals surface area contributed by atoms with Crippen LogP contribution in [0.4, 0.5) is 5.69 Å². The number of anilines is 1. The van der Waals surface area contributed by atoms with Gasteiger partial charge in [-0.3, -0.25) is 4.99 Å². The van der Waals surface area contributed by atoms with Crippen molar-refractivity contribution in [1.29, 1.82) is 0 Å². The first kappa shape index (κ1) is 24.3. The van der Waals surface area contributed by atoms with Gasteiger partial charge in [-0.05, 0) is 37.0 Å². The van der Waals surface area contributed by atoms with Gasteiger partial charge >= 0.3 is 0 Å². The summed E-state index contributed by atoms with van der Waals surface area (Å²) >= 11 is 0. The topological polar surface area (TPSA) is 65.7 Å². The largest absolute Gasteiger partial charge is 0.377 e. The first-order chi connectivity index (χ1) is 13.0. The smallest absolute Gasteiger partial charge is 0.191 e. The van der Waals surface area contributed by atoms with E-state index in [1.807, 2.05) is 6.07 Å². The molecule has 1 aromatic heterocycles. The van der Waals surface area contributed by atoms with Crippen molar-refractivity contribution in [2.45, 2.75) is 52.6 Å². The van der Waals surface area contributed by atoms with Crippen LogP contribution in [0.1, 0.15) is 55.2 Å². The molecule has 0 aliphatic carbocycles. The molecule has 0 saturated carbocycles. The first-order valence-corrected chi connectivity index (χ1v) is 9.65. The molecule has 0 radical (unpaired) electrons. The van der Waals surface area contributed by atoms with Gasteiger partial charge in [-0.15, -0.1) is 24.0 Å². The van der Waals surface area contributed by atoms with E-state index in [-0.39, 0.29) is 24.0 Å². The lowest BCUT2D eigenvalue weighted by atomic mass is 9.99. The van der Waals surface area contributed by atoms with Gasteiger partial charge in [0.05, 0.1) is 12.2 Å². The minimum atomic E-state index is 0. The third kappa shape index (κ3) is 6.68. The van der Waals surface area contributed by atoms with Crippen LogP contribution < -0.4 is 15.5 Å². The molecule has 0 spiro atoms. The van der Waals surface area contributed by atoms with Gasteiger partial charge < -0.3 is 20.1 Å². The van der Waals surface area contributed by atoms with E-state index in [1.165, 1.54) is 16.8 Å². The summed E-state index contributed by atoms with van der Waals surface area (Å²) < 4.78 is 5.47. The Morgan fingerprint density at radius 3 is 2.43 bits per heavy atom. The van der Waals surface area contributed by atoms with E-state index < -0.39 is 0 Å². The van der Waals surface area contributed by atoms with Crippen molar-refractivity contribution in [3.05, 3.63) is 46.8 Å². The van der Waals surface area contributed by atoms with Crippen LogP contribution in [0, 0.1) is 6.92 Å². The van der Waals surface area contributed by atoms with Crippen molar-refractivity contribution in [3.8, 4) is 0 Å². The standard InChI is InChI=1S/C21H33N5O.HI/c1-7-16(8-2)19-12-18(27-25-19)14-24-21(22-4)23-13-17-10-9-15(3)11-20(17)26(5)6;/h9-12,16H,7-8,13-14H2,1-6H3,(H2,22,23,24);1H. The zero-order valence-electron chi connectivity index (χ0n) is 17.9. The molecule has 1 heterocycles.